The Morgan fingerprint density at radius 1 is 1.10 bits per heavy atom. The highest BCUT2D eigenvalue weighted by atomic mass is 19.1. The molecule has 4 aliphatic rings. The zero-order chi connectivity index (χ0) is 35.1. The molecule has 1 aromatic heterocycles. The van der Waals surface area contributed by atoms with Crippen LogP contribution in [0.4, 0.5) is 9.18 Å². The van der Waals surface area contributed by atoms with Gasteiger partial charge in [0.1, 0.15) is 41.5 Å². The number of nitrogens with zero attached hydrogens (tertiary/aromatic N) is 3. The molecule has 13 heteroatoms. The molecule has 2 aromatic rings. The summed E-state index contributed by atoms with van der Waals surface area (Å²) in [7, 11) is 0. The number of halogens is 1. The SMILES string of the molecule is C=CC1CC1(NC(=O)C1CC(Oc2cc(-c3ccccc3F)nc(C3CC3)n2)CN1C(=O)C(NC(=O)OC1CCCC1)C(C)(C)C)C(=O)O. The number of alkyl carbamates (subject to hydrolysis) is 1. The molecule has 6 rings (SSSR count). The predicted molar refractivity (Wildman–Crippen MR) is 176 cm³/mol. The number of nitrogens with one attached hydrogen (secondary N) is 2. The molecule has 49 heavy (non-hydrogen) atoms. The maximum absolute atomic E-state index is 14.8. The summed E-state index contributed by atoms with van der Waals surface area (Å²) in [6.45, 7) is 9.04. The summed E-state index contributed by atoms with van der Waals surface area (Å²) in [6, 6.07) is 5.63. The van der Waals surface area contributed by atoms with E-state index in [0.29, 0.717) is 17.1 Å². The van der Waals surface area contributed by atoms with E-state index < -0.39 is 64.8 Å². The van der Waals surface area contributed by atoms with Gasteiger partial charge < -0.3 is 30.1 Å². The van der Waals surface area contributed by atoms with Gasteiger partial charge in [-0.1, -0.05) is 39.0 Å². The van der Waals surface area contributed by atoms with Crippen LogP contribution in [0.2, 0.25) is 0 Å². The Morgan fingerprint density at radius 2 is 1.82 bits per heavy atom. The van der Waals surface area contributed by atoms with Crippen molar-refractivity contribution in [3.8, 4) is 17.1 Å². The number of carbonyl (C=O) groups excluding carboxylic acids is 3. The molecule has 1 aromatic carbocycles. The van der Waals surface area contributed by atoms with Crippen LogP contribution in [0.3, 0.4) is 0 Å². The molecule has 0 bridgehead atoms. The maximum Gasteiger partial charge on any atom is 0.408 e. The summed E-state index contributed by atoms with van der Waals surface area (Å²) < 4.78 is 26.7. The molecule has 0 spiro atoms. The lowest BCUT2D eigenvalue weighted by Crippen LogP contribution is -2.59. The Hall–Kier alpha value is -4.55. The first-order valence-corrected chi connectivity index (χ1v) is 17.0. The number of rotatable bonds is 11. The van der Waals surface area contributed by atoms with Gasteiger partial charge in [0.15, 0.2) is 0 Å². The fourth-order valence-electron chi connectivity index (χ4n) is 6.82. The molecule has 262 valence electrons. The topological polar surface area (TPSA) is 160 Å². The average Bonchev–Trinajstić information content (AvgIpc) is 3.92. The number of ether oxygens (including phenoxy) is 2. The summed E-state index contributed by atoms with van der Waals surface area (Å²) in [5.41, 5.74) is -1.64. The van der Waals surface area contributed by atoms with Crippen molar-refractivity contribution in [2.75, 3.05) is 6.54 Å². The molecule has 3 saturated carbocycles. The summed E-state index contributed by atoms with van der Waals surface area (Å²) in [5, 5.41) is 15.4. The number of likely N-dealkylation sites (tertiary alicyclic amines) is 1. The number of benzene rings is 1. The zero-order valence-corrected chi connectivity index (χ0v) is 28.1. The molecule has 0 radical (unpaired) electrons. The predicted octanol–water partition coefficient (Wildman–Crippen LogP) is 4.74. The van der Waals surface area contributed by atoms with Crippen molar-refractivity contribution in [1.82, 2.24) is 25.5 Å². The van der Waals surface area contributed by atoms with Gasteiger partial charge >= 0.3 is 12.1 Å². The Morgan fingerprint density at radius 3 is 2.43 bits per heavy atom. The Labute approximate surface area is 284 Å². The molecule has 1 aliphatic heterocycles. The van der Waals surface area contributed by atoms with E-state index >= 15 is 0 Å². The fraction of sp³-hybridized carbons (Fsp3) is 0.556. The molecular weight excluding hydrogens is 633 g/mol. The second-order valence-electron chi connectivity index (χ2n) is 14.8. The van der Waals surface area contributed by atoms with Crippen LogP contribution in [-0.2, 0) is 19.1 Å². The molecular formula is C36H44FN5O7. The third-order valence-electron chi connectivity index (χ3n) is 9.93. The van der Waals surface area contributed by atoms with Crippen LogP contribution in [-0.4, -0.2) is 80.2 Å². The van der Waals surface area contributed by atoms with Crippen LogP contribution in [0.25, 0.3) is 11.3 Å². The normalized spacial score (nSPS) is 25.7. The molecule has 12 nitrogen and oxygen atoms in total. The fourth-order valence-corrected chi connectivity index (χ4v) is 6.82. The van der Waals surface area contributed by atoms with E-state index in [1.165, 1.54) is 17.0 Å². The van der Waals surface area contributed by atoms with Crippen LogP contribution in [0.1, 0.15) is 83.9 Å². The minimum absolute atomic E-state index is 0.0210. The Kier molecular flexibility index (Phi) is 9.38. The standard InChI is InChI=1S/C36H44FN5O7/c1-5-21-18-36(21,33(45)46)41-31(43)27-16-23(19-42(27)32(44)29(35(2,3)4)40-34(47)49-22-10-6-7-11-22)48-28-17-26(24-12-8-9-13-25(24)37)38-30(39-28)20-14-15-20/h5,8-9,12-13,17,20-23,27,29H,1,6-7,10-11,14-16,18-19H2,2-4H3,(H,40,47)(H,41,43)(H,45,46). The second-order valence-corrected chi connectivity index (χ2v) is 14.8. The van der Waals surface area contributed by atoms with Gasteiger partial charge in [-0.05, 0) is 62.5 Å². The highest BCUT2D eigenvalue weighted by Gasteiger charge is 2.61. The number of amides is 3. The summed E-state index contributed by atoms with van der Waals surface area (Å²) in [6.07, 6.45) is 5.28. The Balaban J connectivity index is 1.27. The van der Waals surface area contributed by atoms with Gasteiger partial charge in [-0.2, -0.15) is 4.98 Å². The number of hydrogen-bond donors (Lipinski definition) is 3. The first-order chi connectivity index (χ1) is 23.3. The third kappa shape index (κ3) is 7.40. The van der Waals surface area contributed by atoms with E-state index in [1.54, 1.807) is 45.0 Å². The average molecular weight is 678 g/mol. The number of carboxylic acid groups (broad SMARTS) is 1. The maximum atomic E-state index is 14.8. The van der Waals surface area contributed by atoms with Crippen LogP contribution in [0, 0.1) is 17.2 Å². The van der Waals surface area contributed by atoms with E-state index in [4.69, 9.17) is 9.47 Å². The van der Waals surface area contributed by atoms with Crippen molar-refractivity contribution in [1.29, 1.82) is 0 Å². The van der Waals surface area contributed by atoms with Crippen LogP contribution >= 0.6 is 0 Å². The van der Waals surface area contributed by atoms with Gasteiger partial charge in [0, 0.05) is 29.9 Å². The molecule has 3 amide bonds. The number of carbonyl (C=O) groups is 4. The van der Waals surface area contributed by atoms with Gasteiger partial charge in [-0.25, -0.2) is 19.0 Å². The molecule has 3 N–H and O–H groups in total. The summed E-state index contributed by atoms with van der Waals surface area (Å²) >= 11 is 0. The molecule has 4 fully saturated rings. The van der Waals surface area contributed by atoms with Gasteiger partial charge in [0.05, 0.1) is 12.2 Å². The number of carboxylic acids is 1. The minimum Gasteiger partial charge on any atom is -0.479 e. The largest absolute Gasteiger partial charge is 0.479 e. The molecule has 1 saturated heterocycles. The van der Waals surface area contributed by atoms with Gasteiger partial charge in [0.2, 0.25) is 17.7 Å². The summed E-state index contributed by atoms with van der Waals surface area (Å²) in [4.78, 5) is 64.0. The summed E-state index contributed by atoms with van der Waals surface area (Å²) in [5.74, 6) is -2.44. The second kappa shape index (κ2) is 13.4. The highest BCUT2D eigenvalue weighted by molar-refractivity contribution is 5.96. The van der Waals surface area contributed by atoms with Crippen molar-refractivity contribution in [3.63, 3.8) is 0 Å². The number of aliphatic carboxylic acids is 1. The lowest BCUT2D eigenvalue weighted by molar-refractivity contribution is -0.146. The van der Waals surface area contributed by atoms with Crippen LogP contribution < -0.4 is 15.4 Å². The number of aromatic nitrogens is 2. The van der Waals surface area contributed by atoms with Crippen molar-refractivity contribution >= 4 is 23.9 Å². The lowest BCUT2D eigenvalue weighted by atomic mass is 9.85. The first kappa shape index (κ1) is 34.3. The molecule has 3 aliphatic carbocycles. The smallest absolute Gasteiger partial charge is 0.408 e. The van der Waals surface area contributed by atoms with Gasteiger partial charge in [-0.15, -0.1) is 6.58 Å². The highest BCUT2D eigenvalue weighted by Crippen LogP contribution is 2.45. The zero-order valence-electron chi connectivity index (χ0n) is 28.1. The molecule has 2 heterocycles. The molecule has 5 unspecified atom stereocenters. The van der Waals surface area contributed by atoms with E-state index in [1.807, 2.05) is 0 Å². The van der Waals surface area contributed by atoms with Crippen molar-refractivity contribution in [2.24, 2.45) is 11.3 Å². The van der Waals surface area contributed by atoms with Crippen molar-refractivity contribution < 1.29 is 38.1 Å². The van der Waals surface area contributed by atoms with Crippen LogP contribution in [0.5, 0.6) is 5.88 Å². The molecule has 5 atom stereocenters. The first-order valence-electron chi connectivity index (χ1n) is 17.0. The quantitative estimate of drug-likeness (QED) is 0.286. The third-order valence-corrected chi connectivity index (χ3v) is 9.93. The monoisotopic (exact) mass is 677 g/mol. The van der Waals surface area contributed by atoms with E-state index in [-0.39, 0.29) is 37.3 Å². The van der Waals surface area contributed by atoms with E-state index in [0.717, 1.165) is 38.5 Å². The van der Waals surface area contributed by atoms with E-state index in [9.17, 15) is 28.7 Å². The van der Waals surface area contributed by atoms with Gasteiger partial charge in [-0.3, -0.25) is 9.59 Å². The minimum atomic E-state index is -1.51. The van der Waals surface area contributed by atoms with Crippen molar-refractivity contribution in [3.05, 3.63) is 54.6 Å². The lowest BCUT2D eigenvalue weighted by Gasteiger charge is -2.35. The Bertz CT molecular complexity index is 1640. The number of hydrogen-bond acceptors (Lipinski definition) is 8. The van der Waals surface area contributed by atoms with E-state index in [2.05, 4.69) is 27.2 Å². The van der Waals surface area contributed by atoms with Crippen LogP contribution in [0.15, 0.2) is 43.0 Å². The van der Waals surface area contributed by atoms with Gasteiger partial charge in [0.25, 0.3) is 0 Å². The van der Waals surface area contributed by atoms with Crippen molar-refractivity contribution in [2.45, 2.75) is 108 Å².